The number of rotatable bonds is 5. The molecule has 0 amide bonds. The van der Waals surface area contributed by atoms with Gasteiger partial charge >= 0.3 is 5.97 Å². The van der Waals surface area contributed by atoms with E-state index in [1.807, 2.05) is 24.3 Å². The molecular weight excluding hydrogens is 318 g/mol. The number of hydrogen-bond acceptors (Lipinski definition) is 5. The highest BCUT2D eigenvalue weighted by Crippen LogP contribution is 2.29. The molecule has 1 aromatic heterocycles. The van der Waals surface area contributed by atoms with E-state index >= 15 is 0 Å². The molecular formula is C19H23N3O3. The largest absolute Gasteiger partial charge is 0.496 e. The molecule has 0 saturated heterocycles. The average Bonchev–Trinajstić information content (AvgIpc) is 3.14. The molecule has 6 nitrogen and oxygen atoms in total. The van der Waals surface area contributed by atoms with E-state index in [9.17, 15) is 4.79 Å². The van der Waals surface area contributed by atoms with Gasteiger partial charge in [0, 0.05) is 6.04 Å². The second kappa shape index (κ2) is 7.96. The molecule has 1 aliphatic rings. The van der Waals surface area contributed by atoms with Gasteiger partial charge in [0.1, 0.15) is 17.6 Å². The fourth-order valence-corrected chi connectivity index (χ4v) is 3.35. The van der Waals surface area contributed by atoms with E-state index in [1.165, 1.54) is 33.5 Å². The summed E-state index contributed by atoms with van der Waals surface area (Å²) >= 11 is 0. The first-order chi connectivity index (χ1) is 12.2. The van der Waals surface area contributed by atoms with Crippen LogP contribution in [0.4, 0.5) is 0 Å². The van der Waals surface area contributed by atoms with Crippen molar-refractivity contribution in [2.24, 2.45) is 0 Å². The lowest BCUT2D eigenvalue weighted by Crippen LogP contribution is -2.13. The SMILES string of the molecule is COC(=O)c1c(C=Cc2nncn2C2CCCCC2)cccc1OC. The van der Waals surface area contributed by atoms with E-state index in [0.717, 1.165) is 24.2 Å². The fourth-order valence-electron chi connectivity index (χ4n) is 3.35. The molecule has 1 fully saturated rings. The minimum Gasteiger partial charge on any atom is -0.496 e. The average molecular weight is 341 g/mol. The molecule has 2 aromatic rings. The lowest BCUT2D eigenvalue weighted by molar-refractivity contribution is 0.0597. The highest BCUT2D eigenvalue weighted by molar-refractivity contribution is 5.97. The van der Waals surface area contributed by atoms with Gasteiger partial charge in [-0.1, -0.05) is 37.5 Å². The number of ether oxygens (including phenoxy) is 2. The molecule has 0 unspecified atom stereocenters. The third-order valence-electron chi connectivity index (χ3n) is 4.65. The van der Waals surface area contributed by atoms with Crippen LogP contribution in [0, 0.1) is 0 Å². The van der Waals surface area contributed by atoms with Gasteiger partial charge in [0.05, 0.1) is 14.2 Å². The number of carbonyl (C=O) groups excluding carboxylic acids is 1. The summed E-state index contributed by atoms with van der Waals surface area (Å²) < 4.78 is 12.3. The molecule has 1 heterocycles. The normalized spacial score (nSPS) is 15.4. The smallest absolute Gasteiger partial charge is 0.342 e. The molecule has 1 aromatic carbocycles. The Hall–Kier alpha value is -2.63. The molecule has 0 radical (unpaired) electrons. The summed E-state index contributed by atoms with van der Waals surface area (Å²) in [7, 11) is 2.90. The number of benzene rings is 1. The number of methoxy groups -OCH3 is 2. The van der Waals surface area contributed by atoms with Crippen LogP contribution >= 0.6 is 0 Å². The van der Waals surface area contributed by atoms with Gasteiger partial charge in [-0.05, 0) is 30.5 Å². The number of nitrogens with zero attached hydrogens (tertiary/aromatic N) is 3. The van der Waals surface area contributed by atoms with Crippen molar-refractivity contribution < 1.29 is 14.3 Å². The van der Waals surface area contributed by atoms with Crippen molar-refractivity contribution in [3.05, 3.63) is 41.5 Å². The van der Waals surface area contributed by atoms with Crippen molar-refractivity contribution in [3.63, 3.8) is 0 Å². The molecule has 3 rings (SSSR count). The maximum Gasteiger partial charge on any atom is 0.342 e. The Balaban J connectivity index is 1.90. The minimum atomic E-state index is -0.425. The zero-order valence-electron chi connectivity index (χ0n) is 14.6. The van der Waals surface area contributed by atoms with Gasteiger partial charge in [-0.25, -0.2) is 4.79 Å². The third kappa shape index (κ3) is 3.73. The van der Waals surface area contributed by atoms with Crippen LogP contribution in [-0.2, 0) is 4.74 Å². The molecule has 6 heteroatoms. The van der Waals surface area contributed by atoms with Crippen LogP contribution in [0.25, 0.3) is 12.2 Å². The molecule has 0 atom stereocenters. The Kier molecular flexibility index (Phi) is 5.48. The summed E-state index contributed by atoms with van der Waals surface area (Å²) in [5, 5.41) is 8.28. The van der Waals surface area contributed by atoms with Crippen molar-refractivity contribution >= 4 is 18.1 Å². The predicted molar refractivity (Wildman–Crippen MR) is 95.4 cm³/mol. The van der Waals surface area contributed by atoms with Crippen molar-refractivity contribution in [1.82, 2.24) is 14.8 Å². The van der Waals surface area contributed by atoms with Crippen molar-refractivity contribution in [2.75, 3.05) is 14.2 Å². The molecule has 1 saturated carbocycles. The van der Waals surface area contributed by atoms with Crippen molar-refractivity contribution in [2.45, 2.75) is 38.1 Å². The molecule has 132 valence electrons. The van der Waals surface area contributed by atoms with Crippen LogP contribution in [-0.4, -0.2) is 35.0 Å². The van der Waals surface area contributed by atoms with Gasteiger partial charge in [-0.3, -0.25) is 0 Å². The fraction of sp³-hybridized carbons (Fsp3) is 0.421. The van der Waals surface area contributed by atoms with Crippen LogP contribution in [0.1, 0.15) is 59.9 Å². The Morgan fingerprint density at radius 1 is 1.20 bits per heavy atom. The van der Waals surface area contributed by atoms with Crippen molar-refractivity contribution in [3.8, 4) is 5.75 Å². The summed E-state index contributed by atoms with van der Waals surface area (Å²) in [5.41, 5.74) is 1.14. The summed E-state index contributed by atoms with van der Waals surface area (Å²) in [6.45, 7) is 0. The molecule has 25 heavy (non-hydrogen) atoms. The zero-order chi connectivity index (χ0) is 17.6. The Morgan fingerprint density at radius 2 is 2.00 bits per heavy atom. The summed E-state index contributed by atoms with van der Waals surface area (Å²) in [6.07, 6.45) is 11.7. The first-order valence-corrected chi connectivity index (χ1v) is 8.57. The van der Waals surface area contributed by atoms with Gasteiger partial charge in [0.15, 0.2) is 5.82 Å². The third-order valence-corrected chi connectivity index (χ3v) is 4.65. The summed E-state index contributed by atoms with van der Waals surface area (Å²) in [4.78, 5) is 12.1. The molecule has 0 spiro atoms. The number of carbonyl (C=O) groups is 1. The monoisotopic (exact) mass is 341 g/mol. The number of aromatic nitrogens is 3. The van der Waals surface area contributed by atoms with E-state index in [-0.39, 0.29) is 0 Å². The second-order valence-electron chi connectivity index (χ2n) is 6.14. The van der Waals surface area contributed by atoms with E-state index in [0.29, 0.717) is 17.4 Å². The molecule has 0 aliphatic heterocycles. The van der Waals surface area contributed by atoms with Gasteiger partial charge in [-0.15, -0.1) is 10.2 Å². The van der Waals surface area contributed by atoms with Crippen LogP contribution in [0.2, 0.25) is 0 Å². The highest BCUT2D eigenvalue weighted by Gasteiger charge is 2.19. The maximum absolute atomic E-state index is 12.1. The van der Waals surface area contributed by atoms with Crippen molar-refractivity contribution in [1.29, 1.82) is 0 Å². The Bertz CT molecular complexity index is 761. The van der Waals surface area contributed by atoms with Crippen LogP contribution in [0.15, 0.2) is 24.5 Å². The standard InChI is InChI=1S/C19H23N3O3/c1-24-16-10-6-7-14(18(16)19(23)25-2)11-12-17-21-20-13-22(17)15-8-4-3-5-9-15/h6-7,10-13,15H,3-5,8-9H2,1-2H3. The van der Waals surface area contributed by atoms with E-state index in [1.54, 1.807) is 12.4 Å². The van der Waals surface area contributed by atoms with Gasteiger partial charge in [0.2, 0.25) is 0 Å². The van der Waals surface area contributed by atoms with Gasteiger partial charge < -0.3 is 14.0 Å². The summed E-state index contributed by atoms with van der Waals surface area (Å²) in [5.74, 6) is 0.860. The topological polar surface area (TPSA) is 66.2 Å². The molecule has 0 N–H and O–H groups in total. The number of esters is 1. The molecule has 0 bridgehead atoms. The molecule has 1 aliphatic carbocycles. The lowest BCUT2D eigenvalue weighted by Gasteiger charge is -2.23. The van der Waals surface area contributed by atoms with Crippen LogP contribution in [0.5, 0.6) is 5.75 Å². The minimum absolute atomic E-state index is 0.410. The highest BCUT2D eigenvalue weighted by atomic mass is 16.5. The van der Waals surface area contributed by atoms with E-state index in [4.69, 9.17) is 9.47 Å². The van der Waals surface area contributed by atoms with Crippen LogP contribution in [0.3, 0.4) is 0 Å². The lowest BCUT2D eigenvalue weighted by atomic mass is 9.95. The predicted octanol–water partition coefficient (Wildman–Crippen LogP) is 3.75. The van der Waals surface area contributed by atoms with Gasteiger partial charge in [-0.2, -0.15) is 0 Å². The van der Waals surface area contributed by atoms with E-state index < -0.39 is 5.97 Å². The summed E-state index contributed by atoms with van der Waals surface area (Å²) in [6, 6.07) is 5.89. The Labute approximate surface area is 147 Å². The number of hydrogen-bond donors (Lipinski definition) is 0. The Morgan fingerprint density at radius 3 is 2.72 bits per heavy atom. The first kappa shape index (κ1) is 17.2. The second-order valence-corrected chi connectivity index (χ2v) is 6.14. The van der Waals surface area contributed by atoms with E-state index in [2.05, 4.69) is 14.8 Å². The quantitative estimate of drug-likeness (QED) is 0.775. The first-order valence-electron chi connectivity index (χ1n) is 8.57. The zero-order valence-corrected chi connectivity index (χ0v) is 14.6. The maximum atomic E-state index is 12.1. The van der Waals surface area contributed by atoms with Gasteiger partial charge in [0.25, 0.3) is 0 Å². The van der Waals surface area contributed by atoms with Crippen LogP contribution < -0.4 is 4.74 Å².